The summed E-state index contributed by atoms with van der Waals surface area (Å²) in [5.41, 5.74) is 5.80. The molecule has 0 saturated heterocycles. The van der Waals surface area contributed by atoms with Crippen LogP contribution in [0.15, 0.2) is 29.6 Å². The normalized spacial score (nSPS) is 14.2. The Bertz CT molecular complexity index is 597. The van der Waals surface area contributed by atoms with Gasteiger partial charge in [-0.1, -0.05) is 17.8 Å². The summed E-state index contributed by atoms with van der Waals surface area (Å²) in [6, 6.07) is 5.73. The summed E-state index contributed by atoms with van der Waals surface area (Å²) in [7, 11) is 0. The summed E-state index contributed by atoms with van der Waals surface area (Å²) < 4.78 is 6.86. The van der Waals surface area contributed by atoms with Gasteiger partial charge in [0.2, 0.25) is 0 Å². The molecular weight excluding hydrogens is 276 g/mol. The molecule has 2 aromatic rings. The first-order chi connectivity index (χ1) is 9.54. The zero-order valence-electron chi connectivity index (χ0n) is 11.6. The highest BCUT2D eigenvalue weighted by molar-refractivity contribution is 7.99. The molecule has 2 N–H and O–H groups in total. The van der Waals surface area contributed by atoms with Crippen molar-refractivity contribution in [3.8, 4) is 0 Å². The van der Waals surface area contributed by atoms with E-state index in [0.29, 0.717) is 18.8 Å². The van der Waals surface area contributed by atoms with Crippen LogP contribution < -0.4 is 5.73 Å². The second kappa shape index (κ2) is 6.23. The molecule has 1 unspecified atom stereocenters. The quantitative estimate of drug-likeness (QED) is 0.642. The van der Waals surface area contributed by atoms with E-state index in [-0.39, 0.29) is 5.97 Å². The topological polar surface area (TPSA) is 82.5 Å². The van der Waals surface area contributed by atoms with Crippen LogP contribution >= 0.6 is 11.8 Å². The molecule has 0 aliphatic carbocycles. The van der Waals surface area contributed by atoms with Crippen molar-refractivity contribution in [2.24, 2.45) is 5.73 Å². The van der Waals surface area contributed by atoms with Crippen molar-refractivity contribution in [1.29, 1.82) is 0 Å². The third-order valence-corrected chi connectivity index (χ3v) is 3.82. The van der Waals surface area contributed by atoms with Crippen LogP contribution in [0.4, 0.5) is 0 Å². The first kappa shape index (κ1) is 14.8. The molecule has 0 saturated carbocycles. The average molecular weight is 294 g/mol. The number of aromatic nitrogens is 3. The lowest BCUT2D eigenvalue weighted by atomic mass is 10.0. The zero-order chi connectivity index (χ0) is 14.6. The molecule has 0 amide bonds. The number of esters is 1. The molecule has 2 rings (SSSR count). The Labute approximate surface area is 121 Å². The Morgan fingerprint density at radius 1 is 1.50 bits per heavy atom. The van der Waals surface area contributed by atoms with Gasteiger partial charge in [0, 0.05) is 11.9 Å². The molecule has 0 spiro atoms. The number of hydrogen-bond acceptors (Lipinski definition) is 6. The predicted octanol–water partition coefficient (Wildman–Crippen LogP) is 1.49. The molecule has 1 atom stereocenters. The van der Waals surface area contributed by atoms with Gasteiger partial charge in [-0.15, -0.1) is 10.2 Å². The van der Waals surface area contributed by atoms with Crippen LogP contribution in [0.5, 0.6) is 0 Å². The molecule has 2 heterocycles. The van der Waals surface area contributed by atoms with Crippen LogP contribution in [-0.4, -0.2) is 38.5 Å². The number of pyridine rings is 1. The largest absolute Gasteiger partial charge is 0.465 e. The number of hydrogen-bond donors (Lipinski definition) is 1. The fraction of sp³-hybridized carbons (Fsp3) is 0.462. The van der Waals surface area contributed by atoms with Gasteiger partial charge >= 0.3 is 5.97 Å². The summed E-state index contributed by atoms with van der Waals surface area (Å²) in [6.45, 7) is 3.80. The number of carbonyl (C=O) groups excluding carboxylic acids is 1. The summed E-state index contributed by atoms with van der Waals surface area (Å²) in [5.74, 6) is 0.299. The van der Waals surface area contributed by atoms with E-state index >= 15 is 0 Å². The van der Waals surface area contributed by atoms with Crippen LogP contribution in [0.1, 0.15) is 20.3 Å². The van der Waals surface area contributed by atoms with Gasteiger partial charge < -0.3 is 10.5 Å². The molecule has 0 radical (unpaired) electrons. The number of rotatable bonds is 6. The van der Waals surface area contributed by atoms with E-state index in [4.69, 9.17) is 10.5 Å². The Kier molecular flexibility index (Phi) is 4.61. The Morgan fingerprint density at radius 3 is 3.05 bits per heavy atom. The molecule has 108 valence electrons. The molecule has 2 aromatic heterocycles. The summed E-state index contributed by atoms with van der Waals surface area (Å²) >= 11 is 1.52. The maximum Gasteiger partial charge on any atom is 0.325 e. The van der Waals surface area contributed by atoms with E-state index in [2.05, 4.69) is 10.2 Å². The molecule has 0 bridgehead atoms. The summed E-state index contributed by atoms with van der Waals surface area (Å²) in [4.78, 5) is 11.7. The number of ether oxygens (including phenoxy) is 1. The van der Waals surface area contributed by atoms with Crippen molar-refractivity contribution < 1.29 is 9.53 Å². The first-order valence-corrected chi connectivity index (χ1v) is 7.42. The van der Waals surface area contributed by atoms with Crippen molar-refractivity contribution in [2.75, 3.05) is 12.4 Å². The van der Waals surface area contributed by atoms with Crippen LogP contribution in [0.3, 0.4) is 0 Å². The lowest BCUT2D eigenvalue weighted by Crippen LogP contribution is -2.46. The minimum atomic E-state index is -0.969. The minimum absolute atomic E-state index is 0.341. The average Bonchev–Trinajstić information content (AvgIpc) is 2.82. The second-order valence-electron chi connectivity index (χ2n) is 4.65. The van der Waals surface area contributed by atoms with Crippen molar-refractivity contribution in [2.45, 2.75) is 31.0 Å². The van der Waals surface area contributed by atoms with E-state index in [1.54, 1.807) is 13.8 Å². The van der Waals surface area contributed by atoms with E-state index in [1.807, 2.05) is 28.8 Å². The van der Waals surface area contributed by atoms with Gasteiger partial charge in [-0.2, -0.15) is 0 Å². The molecule has 20 heavy (non-hydrogen) atoms. The van der Waals surface area contributed by atoms with Gasteiger partial charge in [0.05, 0.1) is 6.61 Å². The zero-order valence-corrected chi connectivity index (χ0v) is 12.4. The molecule has 0 fully saturated rings. The van der Waals surface area contributed by atoms with E-state index in [1.165, 1.54) is 11.8 Å². The van der Waals surface area contributed by atoms with Crippen LogP contribution in [0, 0.1) is 0 Å². The number of nitrogens with zero attached hydrogens (tertiary/aromatic N) is 3. The fourth-order valence-electron chi connectivity index (χ4n) is 1.67. The SMILES string of the molecule is CCOC(=O)C(C)(N)CCSc1nnc2ccccn12. The van der Waals surface area contributed by atoms with E-state index in [0.717, 1.165) is 10.8 Å². The van der Waals surface area contributed by atoms with Crippen LogP contribution in [-0.2, 0) is 9.53 Å². The second-order valence-corrected chi connectivity index (χ2v) is 5.71. The van der Waals surface area contributed by atoms with Crippen molar-refractivity contribution in [3.05, 3.63) is 24.4 Å². The Morgan fingerprint density at radius 2 is 2.30 bits per heavy atom. The lowest BCUT2D eigenvalue weighted by molar-refractivity contribution is -0.149. The summed E-state index contributed by atoms with van der Waals surface area (Å²) in [6.07, 6.45) is 2.42. The third-order valence-electron chi connectivity index (χ3n) is 2.88. The van der Waals surface area contributed by atoms with Gasteiger partial charge in [0.25, 0.3) is 0 Å². The maximum atomic E-state index is 11.7. The predicted molar refractivity (Wildman–Crippen MR) is 77.6 cm³/mol. The number of carbonyl (C=O) groups is 1. The molecular formula is C13H18N4O2S. The maximum absolute atomic E-state index is 11.7. The fourth-order valence-corrected chi connectivity index (χ4v) is 2.77. The van der Waals surface area contributed by atoms with E-state index < -0.39 is 5.54 Å². The minimum Gasteiger partial charge on any atom is -0.465 e. The number of nitrogens with two attached hydrogens (primary N) is 1. The molecule has 0 aliphatic heterocycles. The Balaban J connectivity index is 1.94. The van der Waals surface area contributed by atoms with Gasteiger partial charge in [0.1, 0.15) is 5.54 Å². The van der Waals surface area contributed by atoms with Crippen molar-refractivity contribution in [3.63, 3.8) is 0 Å². The van der Waals surface area contributed by atoms with Crippen molar-refractivity contribution in [1.82, 2.24) is 14.6 Å². The third kappa shape index (κ3) is 3.29. The molecule has 0 aromatic carbocycles. The van der Waals surface area contributed by atoms with Gasteiger partial charge in [-0.25, -0.2) is 0 Å². The Hall–Kier alpha value is -1.60. The highest BCUT2D eigenvalue weighted by Crippen LogP contribution is 2.20. The van der Waals surface area contributed by atoms with Crippen LogP contribution in [0.2, 0.25) is 0 Å². The van der Waals surface area contributed by atoms with Crippen LogP contribution in [0.25, 0.3) is 5.65 Å². The molecule has 7 heteroatoms. The number of thioether (sulfide) groups is 1. The van der Waals surface area contributed by atoms with Gasteiger partial charge in [-0.3, -0.25) is 9.20 Å². The van der Waals surface area contributed by atoms with Gasteiger partial charge in [-0.05, 0) is 32.4 Å². The molecule has 0 aliphatic rings. The summed E-state index contributed by atoms with van der Waals surface area (Å²) in [5, 5.41) is 8.97. The molecule has 6 nitrogen and oxygen atoms in total. The highest BCUT2D eigenvalue weighted by Gasteiger charge is 2.29. The monoisotopic (exact) mass is 294 g/mol. The number of fused-ring (bicyclic) bond motifs is 1. The van der Waals surface area contributed by atoms with Crippen molar-refractivity contribution >= 4 is 23.4 Å². The standard InChI is InChI=1S/C13H18N4O2S/c1-3-19-11(18)13(2,14)7-9-20-12-16-15-10-6-4-5-8-17(10)12/h4-6,8H,3,7,9,14H2,1-2H3. The lowest BCUT2D eigenvalue weighted by Gasteiger charge is -2.21. The van der Waals surface area contributed by atoms with E-state index in [9.17, 15) is 4.79 Å². The van der Waals surface area contributed by atoms with Gasteiger partial charge in [0.15, 0.2) is 10.8 Å². The first-order valence-electron chi connectivity index (χ1n) is 6.43. The highest BCUT2D eigenvalue weighted by atomic mass is 32.2. The smallest absolute Gasteiger partial charge is 0.325 e.